The largest absolute Gasteiger partial charge is 0.309 e. The molecular weight excluding hydrogens is 224 g/mol. The Hall–Kier alpha value is -1.42. The summed E-state index contributed by atoms with van der Waals surface area (Å²) in [5.74, 6) is 0. The van der Waals surface area contributed by atoms with E-state index in [0.717, 1.165) is 23.6 Å². The molecule has 2 aromatic rings. The molecule has 0 spiro atoms. The lowest BCUT2D eigenvalue weighted by Gasteiger charge is -2.21. The van der Waals surface area contributed by atoms with E-state index in [-0.39, 0.29) is 0 Å². The molecule has 0 radical (unpaired) electrons. The van der Waals surface area contributed by atoms with Crippen molar-refractivity contribution >= 4 is 5.65 Å². The second kappa shape index (κ2) is 4.35. The van der Waals surface area contributed by atoms with Crippen LogP contribution >= 0.6 is 0 Å². The lowest BCUT2D eigenvalue weighted by Crippen LogP contribution is -2.27. The molecule has 1 fully saturated rings. The summed E-state index contributed by atoms with van der Waals surface area (Å²) in [6.07, 6.45) is 3.75. The summed E-state index contributed by atoms with van der Waals surface area (Å²) in [4.78, 5) is 4.62. The van der Waals surface area contributed by atoms with Crippen LogP contribution in [0.25, 0.3) is 5.65 Å². The molecule has 0 saturated carbocycles. The Morgan fingerprint density at radius 2 is 2.11 bits per heavy atom. The summed E-state index contributed by atoms with van der Waals surface area (Å²) < 4.78 is 1.98. The highest BCUT2D eigenvalue weighted by atomic mass is 15.3. The Bertz CT molecular complexity index is 579. The number of fused-ring (bicyclic) bond motifs is 1. The Balaban J connectivity index is 2.07. The molecule has 1 saturated heterocycles. The number of aryl methyl sites for hydroxylation is 2. The fourth-order valence-corrected chi connectivity index (χ4v) is 2.67. The summed E-state index contributed by atoms with van der Waals surface area (Å²) in [5.41, 5.74) is 5.63. The fourth-order valence-electron chi connectivity index (χ4n) is 2.67. The van der Waals surface area contributed by atoms with E-state index in [4.69, 9.17) is 5.10 Å². The number of hydrogen-bond donors (Lipinski definition) is 1. The summed E-state index contributed by atoms with van der Waals surface area (Å²) in [6, 6.07) is 2.53. The van der Waals surface area contributed by atoms with Gasteiger partial charge in [0, 0.05) is 17.5 Å². The van der Waals surface area contributed by atoms with Gasteiger partial charge in [-0.2, -0.15) is 5.10 Å². The highest BCUT2D eigenvalue weighted by Gasteiger charge is 2.19. The molecule has 2 aromatic heterocycles. The molecule has 3 heterocycles. The van der Waals surface area contributed by atoms with Gasteiger partial charge in [0.05, 0.1) is 11.7 Å². The van der Waals surface area contributed by atoms with Crippen LogP contribution in [0.2, 0.25) is 0 Å². The van der Waals surface area contributed by atoms with Crippen molar-refractivity contribution in [1.82, 2.24) is 19.9 Å². The van der Waals surface area contributed by atoms with E-state index in [0.29, 0.717) is 6.04 Å². The van der Waals surface area contributed by atoms with Crippen LogP contribution in [0.3, 0.4) is 0 Å². The van der Waals surface area contributed by atoms with Gasteiger partial charge in [-0.15, -0.1) is 0 Å². The average molecular weight is 244 g/mol. The van der Waals surface area contributed by atoms with Gasteiger partial charge in [-0.1, -0.05) is 6.42 Å². The zero-order valence-corrected chi connectivity index (χ0v) is 11.3. The predicted octanol–water partition coefficient (Wildman–Crippen LogP) is 2.47. The molecule has 18 heavy (non-hydrogen) atoms. The van der Waals surface area contributed by atoms with Crippen molar-refractivity contribution in [2.24, 2.45) is 0 Å². The van der Waals surface area contributed by atoms with Crippen LogP contribution in [0.15, 0.2) is 6.07 Å². The second-order valence-electron chi connectivity index (χ2n) is 5.25. The third-order valence-corrected chi connectivity index (χ3v) is 4.06. The van der Waals surface area contributed by atoms with Crippen molar-refractivity contribution < 1.29 is 0 Å². The minimum atomic E-state index is 0.403. The van der Waals surface area contributed by atoms with Crippen LogP contribution in [-0.2, 0) is 0 Å². The van der Waals surface area contributed by atoms with E-state index >= 15 is 0 Å². The summed E-state index contributed by atoms with van der Waals surface area (Å²) >= 11 is 0. The van der Waals surface area contributed by atoms with Gasteiger partial charge >= 0.3 is 0 Å². The highest BCUT2D eigenvalue weighted by molar-refractivity contribution is 5.44. The molecule has 3 rings (SSSR count). The molecular formula is C14H20N4. The molecule has 1 aliphatic heterocycles. The van der Waals surface area contributed by atoms with E-state index < -0.39 is 0 Å². The van der Waals surface area contributed by atoms with E-state index in [1.54, 1.807) is 0 Å². The third-order valence-electron chi connectivity index (χ3n) is 4.06. The number of piperidine rings is 1. The molecule has 0 unspecified atom stereocenters. The minimum Gasteiger partial charge on any atom is -0.309 e. The first-order chi connectivity index (χ1) is 8.66. The quantitative estimate of drug-likeness (QED) is 0.838. The summed E-state index contributed by atoms with van der Waals surface area (Å²) in [7, 11) is 0. The van der Waals surface area contributed by atoms with Crippen LogP contribution in [0.5, 0.6) is 0 Å². The maximum atomic E-state index is 4.73. The standard InChI is InChI=1S/C14H20N4/c1-9-10(2)16-14-8-13(17-18(14)11(9)3)12-6-4-5-7-15-12/h8,12,15H,4-7H2,1-3H3/t12-/m0/s1. The van der Waals surface area contributed by atoms with E-state index in [1.165, 1.54) is 30.5 Å². The first-order valence-electron chi connectivity index (χ1n) is 6.73. The molecule has 0 aromatic carbocycles. The highest BCUT2D eigenvalue weighted by Crippen LogP contribution is 2.23. The van der Waals surface area contributed by atoms with Crippen molar-refractivity contribution in [3.8, 4) is 0 Å². The van der Waals surface area contributed by atoms with Gasteiger partial charge in [0.25, 0.3) is 0 Å². The third kappa shape index (κ3) is 1.81. The van der Waals surface area contributed by atoms with Gasteiger partial charge in [0.15, 0.2) is 5.65 Å². The Kier molecular flexibility index (Phi) is 2.82. The number of rotatable bonds is 1. The van der Waals surface area contributed by atoms with Gasteiger partial charge in [-0.25, -0.2) is 9.50 Å². The SMILES string of the molecule is Cc1nc2cc([C@@H]3CCCCN3)nn2c(C)c1C. The van der Waals surface area contributed by atoms with E-state index in [2.05, 4.69) is 37.1 Å². The van der Waals surface area contributed by atoms with Crippen LogP contribution in [0.1, 0.15) is 47.9 Å². The minimum absolute atomic E-state index is 0.403. The molecule has 0 amide bonds. The number of aromatic nitrogens is 3. The number of nitrogens with one attached hydrogen (secondary N) is 1. The molecule has 0 bridgehead atoms. The lowest BCUT2D eigenvalue weighted by molar-refractivity contribution is 0.404. The molecule has 0 aliphatic carbocycles. The molecule has 1 N–H and O–H groups in total. The van der Waals surface area contributed by atoms with Gasteiger partial charge in [0.2, 0.25) is 0 Å². The molecule has 1 aliphatic rings. The van der Waals surface area contributed by atoms with E-state index in [1.807, 2.05) is 4.52 Å². The second-order valence-corrected chi connectivity index (χ2v) is 5.25. The number of nitrogens with zero attached hydrogens (tertiary/aromatic N) is 3. The zero-order valence-electron chi connectivity index (χ0n) is 11.3. The normalized spacial score (nSPS) is 20.5. The van der Waals surface area contributed by atoms with Crippen molar-refractivity contribution in [2.45, 2.75) is 46.1 Å². The first kappa shape index (κ1) is 11.7. The van der Waals surface area contributed by atoms with Gasteiger partial charge in [0.1, 0.15) is 0 Å². The Morgan fingerprint density at radius 1 is 1.28 bits per heavy atom. The maximum Gasteiger partial charge on any atom is 0.155 e. The monoisotopic (exact) mass is 244 g/mol. The molecule has 4 heteroatoms. The Labute approximate surface area is 107 Å². The van der Waals surface area contributed by atoms with Crippen molar-refractivity contribution in [1.29, 1.82) is 0 Å². The van der Waals surface area contributed by atoms with Gasteiger partial charge in [-0.05, 0) is 45.7 Å². The molecule has 4 nitrogen and oxygen atoms in total. The summed E-state index contributed by atoms with van der Waals surface area (Å²) in [5, 5.41) is 8.27. The van der Waals surface area contributed by atoms with Crippen LogP contribution in [-0.4, -0.2) is 21.1 Å². The van der Waals surface area contributed by atoms with Crippen LogP contribution in [0.4, 0.5) is 0 Å². The van der Waals surface area contributed by atoms with Gasteiger partial charge < -0.3 is 5.32 Å². The molecule has 1 atom stereocenters. The smallest absolute Gasteiger partial charge is 0.155 e. The fraction of sp³-hybridized carbons (Fsp3) is 0.571. The lowest BCUT2D eigenvalue weighted by atomic mass is 10.0. The average Bonchev–Trinajstić information content (AvgIpc) is 2.81. The number of hydrogen-bond acceptors (Lipinski definition) is 3. The Morgan fingerprint density at radius 3 is 2.83 bits per heavy atom. The van der Waals surface area contributed by atoms with Gasteiger partial charge in [-0.3, -0.25) is 0 Å². The maximum absolute atomic E-state index is 4.73. The van der Waals surface area contributed by atoms with Crippen molar-refractivity contribution in [3.63, 3.8) is 0 Å². The van der Waals surface area contributed by atoms with Crippen molar-refractivity contribution in [3.05, 3.63) is 28.7 Å². The van der Waals surface area contributed by atoms with Crippen LogP contribution < -0.4 is 5.32 Å². The molecule has 96 valence electrons. The first-order valence-corrected chi connectivity index (χ1v) is 6.73. The van der Waals surface area contributed by atoms with Crippen molar-refractivity contribution in [2.75, 3.05) is 6.54 Å². The predicted molar refractivity (Wildman–Crippen MR) is 71.8 cm³/mol. The zero-order chi connectivity index (χ0) is 12.7. The van der Waals surface area contributed by atoms with E-state index in [9.17, 15) is 0 Å². The van der Waals surface area contributed by atoms with Crippen LogP contribution in [0, 0.1) is 20.8 Å². The summed E-state index contributed by atoms with van der Waals surface area (Å²) in [6.45, 7) is 7.39. The topological polar surface area (TPSA) is 42.2 Å².